The molecule has 1 saturated heterocycles. The number of halogens is 2. The number of hydrogen-bond acceptors (Lipinski definition) is 3. The average molecular weight is 290 g/mol. The van der Waals surface area contributed by atoms with Crippen LogP contribution in [-0.4, -0.2) is 26.3 Å². The molecule has 1 fully saturated rings. The van der Waals surface area contributed by atoms with Crippen molar-refractivity contribution >= 4 is 10.0 Å². The van der Waals surface area contributed by atoms with Gasteiger partial charge in [0.25, 0.3) is 0 Å². The van der Waals surface area contributed by atoms with Gasteiger partial charge in [0, 0.05) is 12.6 Å². The standard InChI is InChI=1S/C12H16F2N2O2S/c13-11-4-1-8(6-12(11)14)5-9-2-3-10(7-16-9)19(15,17)18/h1,4,6,9-10,16H,2-3,5,7H2,(H2,15,17,18). The Bertz CT molecular complexity index is 555. The second kappa shape index (κ2) is 5.52. The Hall–Kier alpha value is -1.05. The number of piperidine rings is 1. The van der Waals surface area contributed by atoms with E-state index in [4.69, 9.17) is 5.14 Å². The fourth-order valence-corrected chi connectivity index (χ4v) is 3.09. The summed E-state index contributed by atoms with van der Waals surface area (Å²) >= 11 is 0. The third kappa shape index (κ3) is 3.71. The second-order valence-corrected chi connectivity index (χ2v) is 6.69. The van der Waals surface area contributed by atoms with Gasteiger partial charge >= 0.3 is 0 Å². The van der Waals surface area contributed by atoms with E-state index >= 15 is 0 Å². The van der Waals surface area contributed by atoms with Crippen molar-refractivity contribution in [2.24, 2.45) is 5.14 Å². The lowest BCUT2D eigenvalue weighted by molar-refractivity contribution is 0.395. The largest absolute Gasteiger partial charge is 0.312 e. The molecule has 4 nitrogen and oxygen atoms in total. The monoisotopic (exact) mass is 290 g/mol. The Labute approximate surface area is 111 Å². The smallest absolute Gasteiger partial charge is 0.213 e. The summed E-state index contributed by atoms with van der Waals surface area (Å²) < 4.78 is 48.2. The Morgan fingerprint density at radius 3 is 2.53 bits per heavy atom. The third-order valence-corrected chi connectivity index (χ3v) is 4.73. The molecule has 0 aromatic heterocycles. The van der Waals surface area contributed by atoms with Crippen molar-refractivity contribution < 1.29 is 17.2 Å². The summed E-state index contributed by atoms with van der Waals surface area (Å²) in [5.74, 6) is -1.73. The molecule has 1 heterocycles. The van der Waals surface area contributed by atoms with Crippen molar-refractivity contribution in [1.29, 1.82) is 0 Å². The van der Waals surface area contributed by atoms with Gasteiger partial charge in [0.05, 0.1) is 5.25 Å². The molecule has 2 atom stereocenters. The fourth-order valence-electron chi connectivity index (χ4n) is 2.30. The quantitative estimate of drug-likeness (QED) is 0.869. The maximum absolute atomic E-state index is 13.1. The van der Waals surface area contributed by atoms with E-state index in [1.807, 2.05) is 0 Å². The van der Waals surface area contributed by atoms with Gasteiger partial charge in [0.1, 0.15) is 0 Å². The highest BCUT2D eigenvalue weighted by Crippen LogP contribution is 2.17. The van der Waals surface area contributed by atoms with E-state index in [2.05, 4.69) is 5.32 Å². The van der Waals surface area contributed by atoms with Crippen molar-refractivity contribution in [1.82, 2.24) is 5.32 Å². The molecule has 0 aliphatic carbocycles. The van der Waals surface area contributed by atoms with Gasteiger partial charge in [-0.05, 0) is 37.0 Å². The lowest BCUT2D eigenvalue weighted by Gasteiger charge is -2.28. The Morgan fingerprint density at radius 1 is 1.26 bits per heavy atom. The molecule has 2 unspecified atom stereocenters. The zero-order chi connectivity index (χ0) is 14.0. The summed E-state index contributed by atoms with van der Waals surface area (Å²) in [5, 5.41) is 7.61. The number of primary sulfonamides is 1. The molecule has 1 aromatic carbocycles. The molecule has 19 heavy (non-hydrogen) atoms. The molecule has 1 aromatic rings. The highest BCUT2D eigenvalue weighted by molar-refractivity contribution is 7.89. The first-order valence-electron chi connectivity index (χ1n) is 6.05. The molecular formula is C12H16F2N2O2S. The predicted octanol–water partition coefficient (Wildman–Crippen LogP) is 0.916. The zero-order valence-corrected chi connectivity index (χ0v) is 11.1. The molecule has 0 bridgehead atoms. The van der Waals surface area contributed by atoms with Crippen LogP contribution in [0, 0.1) is 11.6 Å². The molecule has 1 aliphatic heterocycles. The van der Waals surface area contributed by atoms with Crippen LogP contribution in [0.2, 0.25) is 0 Å². The molecule has 0 radical (unpaired) electrons. The number of rotatable bonds is 3. The number of hydrogen-bond donors (Lipinski definition) is 2. The van der Waals surface area contributed by atoms with Crippen molar-refractivity contribution in [2.45, 2.75) is 30.6 Å². The summed E-state index contributed by atoms with van der Waals surface area (Å²) in [7, 11) is -3.51. The predicted molar refractivity (Wildman–Crippen MR) is 68.0 cm³/mol. The maximum atomic E-state index is 13.1. The van der Waals surface area contributed by atoms with E-state index < -0.39 is 26.9 Å². The molecule has 2 rings (SSSR count). The topological polar surface area (TPSA) is 72.2 Å². The van der Waals surface area contributed by atoms with Crippen LogP contribution in [0.4, 0.5) is 8.78 Å². The normalized spacial score (nSPS) is 24.4. The van der Waals surface area contributed by atoms with Crippen LogP contribution in [0.25, 0.3) is 0 Å². The minimum Gasteiger partial charge on any atom is -0.312 e. The van der Waals surface area contributed by atoms with Gasteiger partial charge in [-0.15, -0.1) is 0 Å². The van der Waals surface area contributed by atoms with Gasteiger partial charge in [-0.3, -0.25) is 0 Å². The van der Waals surface area contributed by atoms with Crippen LogP contribution in [0.1, 0.15) is 18.4 Å². The van der Waals surface area contributed by atoms with Gasteiger partial charge in [0.15, 0.2) is 11.6 Å². The van der Waals surface area contributed by atoms with Gasteiger partial charge < -0.3 is 5.32 Å². The first kappa shape index (κ1) is 14.4. The van der Waals surface area contributed by atoms with E-state index in [1.165, 1.54) is 12.1 Å². The van der Waals surface area contributed by atoms with Gasteiger partial charge in [-0.2, -0.15) is 0 Å². The summed E-state index contributed by atoms with van der Waals surface area (Å²) in [6.45, 7) is 0.299. The maximum Gasteiger partial charge on any atom is 0.213 e. The highest BCUT2D eigenvalue weighted by Gasteiger charge is 2.27. The lowest BCUT2D eigenvalue weighted by Crippen LogP contribution is -2.47. The lowest BCUT2D eigenvalue weighted by atomic mass is 9.97. The molecule has 0 spiro atoms. The summed E-state index contributed by atoms with van der Waals surface area (Å²) in [6.07, 6.45) is 1.66. The minimum absolute atomic E-state index is 0.0582. The SMILES string of the molecule is NS(=O)(=O)C1CCC(Cc2ccc(F)c(F)c2)NC1. The summed E-state index contributed by atoms with van der Waals surface area (Å²) in [6, 6.07) is 3.86. The highest BCUT2D eigenvalue weighted by atomic mass is 32.2. The van der Waals surface area contributed by atoms with Crippen LogP contribution in [0.15, 0.2) is 18.2 Å². The number of sulfonamides is 1. The molecule has 1 aliphatic rings. The van der Waals surface area contributed by atoms with Gasteiger partial charge in [0.2, 0.25) is 10.0 Å². The number of nitrogens with one attached hydrogen (secondary N) is 1. The van der Waals surface area contributed by atoms with Gasteiger partial charge in [-0.1, -0.05) is 6.07 Å². The number of nitrogens with two attached hydrogens (primary N) is 1. The van der Waals surface area contributed by atoms with E-state index in [9.17, 15) is 17.2 Å². The fraction of sp³-hybridized carbons (Fsp3) is 0.500. The van der Waals surface area contributed by atoms with Crippen molar-refractivity contribution in [3.8, 4) is 0 Å². The molecular weight excluding hydrogens is 274 g/mol. The number of benzene rings is 1. The van der Waals surface area contributed by atoms with E-state index in [-0.39, 0.29) is 6.04 Å². The van der Waals surface area contributed by atoms with Crippen molar-refractivity contribution in [2.75, 3.05) is 6.54 Å². The molecule has 3 N–H and O–H groups in total. The zero-order valence-electron chi connectivity index (χ0n) is 10.3. The van der Waals surface area contributed by atoms with Crippen LogP contribution in [-0.2, 0) is 16.4 Å². The van der Waals surface area contributed by atoms with Crippen LogP contribution in [0.3, 0.4) is 0 Å². The summed E-state index contributed by atoms with van der Waals surface area (Å²) in [4.78, 5) is 0. The molecule has 106 valence electrons. The first-order valence-corrected chi connectivity index (χ1v) is 7.66. The van der Waals surface area contributed by atoms with E-state index in [0.717, 1.165) is 6.07 Å². The first-order chi connectivity index (χ1) is 8.86. The molecule has 0 saturated carbocycles. The second-order valence-electron chi connectivity index (χ2n) is 4.85. The Balaban J connectivity index is 1.94. The van der Waals surface area contributed by atoms with Crippen LogP contribution >= 0.6 is 0 Å². The Kier molecular flexibility index (Phi) is 4.17. The average Bonchev–Trinajstić information content (AvgIpc) is 2.33. The molecule has 0 amide bonds. The van der Waals surface area contributed by atoms with Crippen molar-refractivity contribution in [3.63, 3.8) is 0 Å². The Morgan fingerprint density at radius 2 is 2.00 bits per heavy atom. The van der Waals surface area contributed by atoms with Crippen molar-refractivity contribution in [3.05, 3.63) is 35.4 Å². The van der Waals surface area contributed by atoms with Crippen LogP contribution < -0.4 is 10.5 Å². The van der Waals surface area contributed by atoms with Gasteiger partial charge in [-0.25, -0.2) is 22.3 Å². The van der Waals surface area contributed by atoms with E-state index in [0.29, 0.717) is 31.4 Å². The van der Waals surface area contributed by atoms with Crippen LogP contribution in [0.5, 0.6) is 0 Å². The molecule has 7 heteroatoms. The third-order valence-electron chi connectivity index (χ3n) is 3.40. The van der Waals surface area contributed by atoms with E-state index in [1.54, 1.807) is 0 Å². The summed E-state index contributed by atoms with van der Waals surface area (Å²) in [5.41, 5.74) is 0.686. The minimum atomic E-state index is -3.51.